The van der Waals surface area contributed by atoms with Gasteiger partial charge in [-0.1, -0.05) is 69.4 Å². The predicted octanol–water partition coefficient (Wildman–Crippen LogP) is 7.33. The Labute approximate surface area is 143 Å². The molecule has 0 spiro atoms. The van der Waals surface area contributed by atoms with Gasteiger partial charge in [-0.25, -0.2) is 0 Å². The largest absolute Gasteiger partial charge is 0.0664 e. The van der Waals surface area contributed by atoms with E-state index in [1.807, 2.05) is 0 Å². The Hall–Kier alpha value is -1.04. The fourth-order valence-electron chi connectivity index (χ4n) is 4.83. The number of allylic oxidation sites excluding steroid dienone is 2. The minimum Gasteiger partial charge on any atom is -0.0664 e. The number of aryl methyl sites for hydroxylation is 1. The van der Waals surface area contributed by atoms with Crippen LogP contribution in [0.5, 0.6) is 0 Å². The second-order valence-electron chi connectivity index (χ2n) is 7.93. The first kappa shape index (κ1) is 16.8. The van der Waals surface area contributed by atoms with Crippen molar-refractivity contribution in [2.24, 2.45) is 5.41 Å². The van der Waals surface area contributed by atoms with E-state index < -0.39 is 0 Å². The van der Waals surface area contributed by atoms with E-state index in [1.54, 1.807) is 22.3 Å². The SMILES string of the molecule is CCCCC1(CC)CCc2ccccc2C(=C2CCCCC2)C1. The Morgan fingerprint density at radius 1 is 0.957 bits per heavy atom. The molecule has 0 radical (unpaired) electrons. The van der Waals surface area contributed by atoms with Crippen molar-refractivity contribution in [1.82, 2.24) is 0 Å². The highest BCUT2D eigenvalue weighted by Crippen LogP contribution is 2.48. The van der Waals surface area contributed by atoms with Crippen molar-refractivity contribution in [2.75, 3.05) is 0 Å². The lowest BCUT2D eigenvalue weighted by Gasteiger charge is -2.34. The van der Waals surface area contributed by atoms with Crippen molar-refractivity contribution in [2.45, 2.75) is 90.9 Å². The van der Waals surface area contributed by atoms with Crippen LogP contribution in [0.4, 0.5) is 0 Å². The molecule has 2 aliphatic carbocycles. The molecule has 126 valence electrons. The maximum absolute atomic E-state index is 2.44. The van der Waals surface area contributed by atoms with E-state index in [-0.39, 0.29) is 0 Å². The smallest absolute Gasteiger partial charge is 0.0193 e. The van der Waals surface area contributed by atoms with E-state index in [2.05, 4.69) is 38.1 Å². The molecule has 1 unspecified atom stereocenters. The highest BCUT2D eigenvalue weighted by atomic mass is 14.4. The van der Waals surface area contributed by atoms with Crippen LogP contribution >= 0.6 is 0 Å². The molecule has 0 heterocycles. The third-order valence-corrected chi connectivity index (χ3v) is 6.51. The van der Waals surface area contributed by atoms with Crippen LogP contribution in [-0.2, 0) is 6.42 Å². The molecule has 1 atom stereocenters. The van der Waals surface area contributed by atoms with E-state index in [9.17, 15) is 0 Å². The molecule has 1 saturated carbocycles. The van der Waals surface area contributed by atoms with Gasteiger partial charge >= 0.3 is 0 Å². The van der Waals surface area contributed by atoms with Gasteiger partial charge in [0.1, 0.15) is 0 Å². The molecule has 1 aromatic carbocycles. The average molecular weight is 311 g/mol. The Kier molecular flexibility index (Phi) is 5.62. The highest BCUT2D eigenvalue weighted by Gasteiger charge is 2.33. The zero-order valence-corrected chi connectivity index (χ0v) is 15.3. The highest BCUT2D eigenvalue weighted by molar-refractivity contribution is 5.72. The summed E-state index contributed by atoms with van der Waals surface area (Å²) < 4.78 is 0. The summed E-state index contributed by atoms with van der Waals surface area (Å²) in [6, 6.07) is 9.31. The summed E-state index contributed by atoms with van der Waals surface area (Å²) in [6.45, 7) is 4.78. The molecule has 0 amide bonds. The lowest BCUT2D eigenvalue weighted by Crippen LogP contribution is -2.20. The van der Waals surface area contributed by atoms with Gasteiger partial charge in [0.05, 0.1) is 0 Å². The van der Waals surface area contributed by atoms with Crippen LogP contribution < -0.4 is 0 Å². The van der Waals surface area contributed by atoms with Gasteiger partial charge in [0.2, 0.25) is 0 Å². The predicted molar refractivity (Wildman–Crippen MR) is 102 cm³/mol. The van der Waals surface area contributed by atoms with Crippen LogP contribution in [0.25, 0.3) is 5.57 Å². The van der Waals surface area contributed by atoms with Crippen LogP contribution in [0.3, 0.4) is 0 Å². The van der Waals surface area contributed by atoms with Gasteiger partial charge in [0.15, 0.2) is 0 Å². The molecule has 1 fully saturated rings. The van der Waals surface area contributed by atoms with Crippen molar-refractivity contribution in [1.29, 1.82) is 0 Å². The standard InChI is InChI=1S/C23H34/c1-3-5-16-23(4-2)17-15-20-13-9-10-14-21(20)22(18-23)19-11-7-6-8-12-19/h9-10,13-14H,3-8,11-12,15-18H2,1-2H3. The minimum absolute atomic E-state index is 0.550. The Morgan fingerprint density at radius 3 is 2.48 bits per heavy atom. The van der Waals surface area contributed by atoms with Crippen molar-refractivity contribution in [3.63, 3.8) is 0 Å². The van der Waals surface area contributed by atoms with Gasteiger partial charge in [-0.05, 0) is 73.5 Å². The summed E-state index contributed by atoms with van der Waals surface area (Å²) in [4.78, 5) is 0. The van der Waals surface area contributed by atoms with Crippen LogP contribution in [0.1, 0.15) is 95.6 Å². The van der Waals surface area contributed by atoms with E-state index in [0.717, 1.165) is 0 Å². The number of fused-ring (bicyclic) bond motifs is 1. The summed E-state index contributed by atoms with van der Waals surface area (Å²) in [5.74, 6) is 0. The maximum atomic E-state index is 2.44. The summed E-state index contributed by atoms with van der Waals surface area (Å²) in [6.07, 6.45) is 16.5. The van der Waals surface area contributed by atoms with Gasteiger partial charge in [0.25, 0.3) is 0 Å². The monoisotopic (exact) mass is 310 g/mol. The normalized spacial score (nSPS) is 25.1. The molecule has 0 nitrogen and oxygen atoms in total. The summed E-state index contributed by atoms with van der Waals surface area (Å²) >= 11 is 0. The number of hydrogen-bond donors (Lipinski definition) is 0. The van der Waals surface area contributed by atoms with Gasteiger partial charge in [-0.2, -0.15) is 0 Å². The average Bonchev–Trinajstić information content (AvgIpc) is 2.79. The van der Waals surface area contributed by atoms with Crippen LogP contribution in [-0.4, -0.2) is 0 Å². The Bertz CT molecular complexity index is 543. The zero-order valence-electron chi connectivity index (χ0n) is 15.3. The van der Waals surface area contributed by atoms with Crippen LogP contribution in [0.15, 0.2) is 29.8 Å². The molecule has 0 N–H and O–H groups in total. The van der Waals surface area contributed by atoms with Gasteiger partial charge in [0, 0.05) is 0 Å². The molecule has 0 saturated heterocycles. The van der Waals surface area contributed by atoms with Crippen LogP contribution in [0.2, 0.25) is 0 Å². The topological polar surface area (TPSA) is 0 Å². The molecular formula is C23H34. The lowest BCUT2D eigenvalue weighted by atomic mass is 9.71. The Morgan fingerprint density at radius 2 is 1.74 bits per heavy atom. The maximum Gasteiger partial charge on any atom is -0.0193 e. The lowest BCUT2D eigenvalue weighted by molar-refractivity contribution is 0.231. The van der Waals surface area contributed by atoms with Crippen molar-refractivity contribution < 1.29 is 0 Å². The third-order valence-electron chi connectivity index (χ3n) is 6.51. The van der Waals surface area contributed by atoms with Gasteiger partial charge < -0.3 is 0 Å². The first-order valence-corrected chi connectivity index (χ1v) is 10.1. The molecule has 23 heavy (non-hydrogen) atoms. The number of rotatable bonds is 4. The van der Waals surface area contributed by atoms with Crippen molar-refractivity contribution >= 4 is 5.57 Å². The molecular weight excluding hydrogens is 276 g/mol. The van der Waals surface area contributed by atoms with Crippen molar-refractivity contribution in [3.05, 3.63) is 41.0 Å². The number of unbranched alkanes of at least 4 members (excludes halogenated alkanes) is 1. The second kappa shape index (κ2) is 7.69. The van der Waals surface area contributed by atoms with Crippen LogP contribution in [0, 0.1) is 5.41 Å². The molecule has 0 heteroatoms. The zero-order chi connectivity index (χ0) is 16.1. The third kappa shape index (κ3) is 3.73. The van der Waals surface area contributed by atoms with Gasteiger partial charge in [-0.15, -0.1) is 0 Å². The molecule has 0 aliphatic heterocycles. The molecule has 0 aromatic heterocycles. The molecule has 0 bridgehead atoms. The number of hydrogen-bond acceptors (Lipinski definition) is 0. The molecule has 2 aliphatic rings. The van der Waals surface area contributed by atoms with Crippen molar-refractivity contribution in [3.8, 4) is 0 Å². The fraction of sp³-hybridized carbons (Fsp3) is 0.652. The quantitative estimate of drug-likeness (QED) is 0.511. The summed E-state index contributed by atoms with van der Waals surface area (Å²) in [5, 5.41) is 0. The van der Waals surface area contributed by atoms with E-state index in [4.69, 9.17) is 0 Å². The fourth-order valence-corrected chi connectivity index (χ4v) is 4.83. The number of benzene rings is 1. The molecule has 1 aromatic rings. The van der Waals surface area contributed by atoms with E-state index in [1.165, 1.54) is 77.0 Å². The summed E-state index contributed by atoms with van der Waals surface area (Å²) in [5.41, 5.74) is 7.34. The first-order valence-electron chi connectivity index (χ1n) is 10.1. The second-order valence-corrected chi connectivity index (χ2v) is 7.93. The van der Waals surface area contributed by atoms with E-state index in [0.29, 0.717) is 5.41 Å². The molecule has 3 rings (SSSR count). The Balaban J connectivity index is 2.01. The minimum atomic E-state index is 0.550. The van der Waals surface area contributed by atoms with Gasteiger partial charge in [-0.3, -0.25) is 0 Å². The first-order chi connectivity index (χ1) is 11.3. The summed E-state index contributed by atoms with van der Waals surface area (Å²) in [7, 11) is 0. The van der Waals surface area contributed by atoms with E-state index >= 15 is 0 Å².